The maximum absolute atomic E-state index is 5.46. The first-order chi connectivity index (χ1) is 9.74. The molecule has 2 heteroatoms. The van der Waals surface area contributed by atoms with E-state index in [-0.39, 0.29) is 0 Å². The number of nitrogens with one attached hydrogen (secondary N) is 1. The minimum Gasteiger partial charge on any atom is -0.381 e. The zero-order valence-corrected chi connectivity index (χ0v) is 12.8. The van der Waals surface area contributed by atoms with Gasteiger partial charge in [0.05, 0.1) is 0 Å². The number of fused-ring (bicyclic) bond motifs is 1. The Labute approximate surface area is 122 Å². The predicted octanol–water partition coefficient (Wildman–Crippen LogP) is 3.64. The second kappa shape index (κ2) is 6.28. The van der Waals surface area contributed by atoms with Crippen LogP contribution in [0.3, 0.4) is 0 Å². The molecule has 2 atom stereocenters. The van der Waals surface area contributed by atoms with Crippen LogP contribution in [0.1, 0.15) is 55.8 Å². The lowest BCUT2D eigenvalue weighted by Gasteiger charge is -2.31. The predicted molar refractivity (Wildman–Crippen MR) is 83.0 cm³/mol. The fraction of sp³-hybridized carbons (Fsp3) is 0.667. The van der Waals surface area contributed by atoms with Crippen molar-refractivity contribution >= 4 is 0 Å². The average Bonchev–Trinajstić information content (AvgIpc) is 2.95. The molecule has 0 aromatic heterocycles. The Balaban J connectivity index is 1.62. The van der Waals surface area contributed by atoms with E-state index in [0.717, 1.165) is 19.1 Å². The quantitative estimate of drug-likeness (QED) is 0.904. The number of benzene rings is 1. The van der Waals surface area contributed by atoms with Crippen molar-refractivity contribution in [2.45, 2.75) is 58.0 Å². The highest BCUT2D eigenvalue weighted by Gasteiger charge is 2.22. The van der Waals surface area contributed by atoms with E-state index in [1.807, 2.05) is 0 Å². The molecule has 1 fully saturated rings. The number of rotatable bonds is 4. The Kier molecular flexibility index (Phi) is 4.42. The zero-order chi connectivity index (χ0) is 13.9. The van der Waals surface area contributed by atoms with Gasteiger partial charge in [-0.3, -0.25) is 0 Å². The van der Waals surface area contributed by atoms with Crippen molar-refractivity contribution in [1.29, 1.82) is 0 Å². The summed E-state index contributed by atoms with van der Waals surface area (Å²) in [5, 5.41) is 3.80. The first kappa shape index (κ1) is 14.1. The van der Waals surface area contributed by atoms with Crippen LogP contribution in [0.5, 0.6) is 0 Å². The molecule has 2 unspecified atom stereocenters. The molecule has 1 aromatic rings. The van der Waals surface area contributed by atoms with Crippen LogP contribution in [0.2, 0.25) is 0 Å². The van der Waals surface area contributed by atoms with Crippen LogP contribution >= 0.6 is 0 Å². The van der Waals surface area contributed by atoms with E-state index < -0.39 is 0 Å². The lowest BCUT2D eigenvalue weighted by molar-refractivity contribution is 0.0547. The van der Waals surface area contributed by atoms with Gasteiger partial charge in [-0.05, 0) is 68.6 Å². The van der Waals surface area contributed by atoms with Gasteiger partial charge in [-0.15, -0.1) is 0 Å². The van der Waals surface area contributed by atoms with Gasteiger partial charge in [0.25, 0.3) is 0 Å². The largest absolute Gasteiger partial charge is 0.381 e. The highest BCUT2D eigenvalue weighted by atomic mass is 16.5. The SMILES string of the molecule is CC(NC(C)C1CCOCC1)c1ccc2c(c1)CCC2. The van der Waals surface area contributed by atoms with Gasteiger partial charge in [0.1, 0.15) is 0 Å². The van der Waals surface area contributed by atoms with E-state index in [1.54, 1.807) is 11.1 Å². The van der Waals surface area contributed by atoms with Crippen molar-refractivity contribution in [2.24, 2.45) is 5.92 Å². The Hall–Kier alpha value is -0.860. The Morgan fingerprint density at radius 3 is 2.65 bits per heavy atom. The van der Waals surface area contributed by atoms with Gasteiger partial charge in [0.15, 0.2) is 0 Å². The summed E-state index contributed by atoms with van der Waals surface area (Å²) in [6.45, 7) is 6.50. The van der Waals surface area contributed by atoms with Crippen LogP contribution in [0.4, 0.5) is 0 Å². The van der Waals surface area contributed by atoms with Crippen LogP contribution in [0, 0.1) is 5.92 Å². The van der Waals surface area contributed by atoms with Crippen molar-refractivity contribution in [2.75, 3.05) is 13.2 Å². The molecule has 1 aliphatic carbocycles. The first-order valence-corrected chi connectivity index (χ1v) is 8.19. The van der Waals surface area contributed by atoms with Crippen molar-refractivity contribution in [3.05, 3.63) is 34.9 Å². The Bertz CT molecular complexity index is 451. The maximum atomic E-state index is 5.46. The second-order valence-electron chi connectivity index (χ2n) is 6.51. The minimum absolute atomic E-state index is 0.443. The molecular weight excluding hydrogens is 246 g/mol. The van der Waals surface area contributed by atoms with Crippen LogP contribution in [0.15, 0.2) is 18.2 Å². The third-order valence-corrected chi connectivity index (χ3v) is 5.11. The van der Waals surface area contributed by atoms with E-state index in [4.69, 9.17) is 4.74 Å². The molecule has 2 nitrogen and oxygen atoms in total. The van der Waals surface area contributed by atoms with E-state index in [2.05, 4.69) is 37.4 Å². The van der Waals surface area contributed by atoms with Crippen molar-refractivity contribution < 1.29 is 4.74 Å². The molecule has 1 aliphatic heterocycles. The molecule has 20 heavy (non-hydrogen) atoms. The molecule has 0 saturated carbocycles. The summed E-state index contributed by atoms with van der Waals surface area (Å²) in [6, 6.07) is 8.10. The second-order valence-corrected chi connectivity index (χ2v) is 6.51. The molecule has 0 spiro atoms. The lowest BCUT2D eigenvalue weighted by Crippen LogP contribution is -2.38. The highest BCUT2D eigenvalue weighted by Crippen LogP contribution is 2.26. The van der Waals surface area contributed by atoms with Crippen molar-refractivity contribution in [1.82, 2.24) is 5.32 Å². The van der Waals surface area contributed by atoms with Crippen molar-refractivity contribution in [3.8, 4) is 0 Å². The Morgan fingerprint density at radius 1 is 1.10 bits per heavy atom. The van der Waals surface area contributed by atoms with Gasteiger partial charge in [-0.2, -0.15) is 0 Å². The fourth-order valence-electron chi connectivity index (χ4n) is 3.70. The van der Waals surface area contributed by atoms with E-state index in [1.165, 1.54) is 37.7 Å². The summed E-state index contributed by atoms with van der Waals surface area (Å²) >= 11 is 0. The van der Waals surface area contributed by atoms with Crippen molar-refractivity contribution in [3.63, 3.8) is 0 Å². The summed E-state index contributed by atoms with van der Waals surface area (Å²) in [5.41, 5.74) is 4.60. The standard InChI is InChI=1S/C18H27NO/c1-13(15-8-10-20-11-9-15)19-14(2)17-7-6-16-4-3-5-18(16)12-17/h6-7,12-15,19H,3-5,8-11H2,1-2H3. The third kappa shape index (κ3) is 3.07. The van der Waals surface area contributed by atoms with Crippen LogP contribution in [-0.2, 0) is 17.6 Å². The first-order valence-electron chi connectivity index (χ1n) is 8.19. The molecule has 3 rings (SSSR count). The molecule has 1 heterocycles. The molecule has 0 bridgehead atoms. The number of hydrogen-bond donors (Lipinski definition) is 1. The summed E-state index contributed by atoms with van der Waals surface area (Å²) in [6.07, 6.45) is 6.27. The topological polar surface area (TPSA) is 21.3 Å². The number of hydrogen-bond acceptors (Lipinski definition) is 2. The van der Waals surface area contributed by atoms with Crippen LogP contribution in [0.25, 0.3) is 0 Å². The van der Waals surface area contributed by atoms with E-state index in [9.17, 15) is 0 Å². The maximum Gasteiger partial charge on any atom is 0.0469 e. The molecule has 2 aliphatic rings. The van der Waals surface area contributed by atoms with Crippen LogP contribution in [-0.4, -0.2) is 19.3 Å². The van der Waals surface area contributed by atoms with E-state index >= 15 is 0 Å². The van der Waals surface area contributed by atoms with Gasteiger partial charge >= 0.3 is 0 Å². The fourth-order valence-corrected chi connectivity index (χ4v) is 3.70. The summed E-state index contributed by atoms with van der Waals surface area (Å²) in [7, 11) is 0. The summed E-state index contributed by atoms with van der Waals surface area (Å²) in [5.74, 6) is 0.764. The minimum atomic E-state index is 0.443. The molecule has 0 amide bonds. The average molecular weight is 273 g/mol. The normalized spacial score (nSPS) is 22.5. The van der Waals surface area contributed by atoms with Gasteiger partial charge in [0.2, 0.25) is 0 Å². The molecule has 1 N–H and O–H groups in total. The third-order valence-electron chi connectivity index (χ3n) is 5.11. The smallest absolute Gasteiger partial charge is 0.0469 e. The van der Waals surface area contributed by atoms with Gasteiger partial charge in [-0.1, -0.05) is 18.2 Å². The van der Waals surface area contributed by atoms with Gasteiger partial charge in [-0.25, -0.2) is 0 Å². The Morgan fingerprint density at radius 2 is 1.85 bits per heavy atom. The van der Waals surface area contributed by atoms with Gasteiger partial charge < -0.3 is 10.1 Å². The zero-order valence-electron chi connectivity index (χ0n) is 12.8. The highest BCUT2D eigenvalue weighted by molar-refractivity contribution is 5.36. The molecule has 1 aromatic carbocycles. The summed E-state index contributed by atoms with van der Waals surface area (Å²) in [4.78, 5) is 0. The molecule has 1 saturated heterocycles. The summed E-state index contributed by atoms with van der Waals surface area (Å²) < 4.78 is 5.46. The molecule has 0 radical (unpaired) electrons. The van der Waals surface area contributed by atoms with E-state index in [0.29, 0.717) is 12.1 Å². The lowest BCUT2D eigenvalue weighted by atomic mass is 9.91. The van der Waals surface area contributed by atoms with Crippen LogP contribution < -0.4 is 5.32 Å². The van der Waals surface area contributed by atoms with Gasteiger partial charge in [0, 0.05) is 25.3 Å². The molecule has 110 valence electrons. The number of aryl methyl sites for hydroxylation is 2. The monoisotopic (exact) mass is 273 g/mol. The molecular formula is C18H27NO. The number of ether oxygens (including phenoxy) is 1.